The van der Waals surface area contributed by atoms with Crippen molar-refractivity contribution in [2.24, 2.45) is 0 Å². The molecule has 0 unspecified atom stereocenters. The van der Waals surface area contributed by atoms with Crippen LogP contribution >= 0.6 is 0 Å². The molecule has 0 N–H and O–H groups in total. The number of hydrogen-bond acceptors (Lipinski definition) is 0. The molecule has 0 aliphatic heterocycles. The van der Waals surface area contributed by atoms with E-state index >= 15 is 0 Å². The molecule has 0 aromatic heterocycles. The van der Waals surface area contributed by atoms with Gasteiger partial charge in [0.15, 0.2) is 0 Å². The van der Waals surface area contributed by atoms with Crippen molar-refractivity contribution in [1.82, 2.24) is 0 Å². The van der Waals surface area contributed by atoms with Crippen LogP contribution in [0.25, 0.3) is 0 Å². The van der Waals surface area contributed by atoms with E-state index in [1.807, 2.05) is 0 Å². The van der Waals surface area contributed by atoms with Gasteiger partial charge in [-0.1, -0.05) is 12.0 Å². The average Bonchev–Trinajstić information content (AvgIpc) is 2.97. The highest BCUT2D eigenvalue weighted by Gasteiger charge is 2.45. The highest BCUT2D eigenvalue weighted by Crippen LogP contribution is 2.48. The van der Waals surface area contributed by atoms with Crippen LogP contribution in [0.15, 0.2) is 18.2 Å². The third-order valence-corrected chi connectivity index (χ3v) is 2.84. The van der Waals surface area contributed by atoms with Crippen LogP contribution in [-0.4, -0.2) is 0 Å². The third kappa shape index (κ3) is 1.67. The maximum absolute atomic E-state index is 13.5. The van der Waals surface area contributed by atoms with Gasteiger partial charge in [-0.05, 0) is 25.0 Å². The topological polar surface area (TPSA) is 0 Å². The molecule has 2 rings (SSSR count). The normalized spacial score (nSPS) is 17.9. The van der Waals surface area contributed by atoms with Crippen LogP contribution in [0, 0.1) is 18.2 Å². The van der Waals surface area contributed by atoms with Gasteiger partial charge in [-0.25, -0.2) is 4.39 Å². The predicted octanol–water partition coefficient (Wildman–Crippen LogP) is 3.51. The standard InChI is InChI=1S/C12H8F4/c1-2-11(5-6-11)9-4-3-8(7-10(9)13)12(14,15)16/h1,3-4,7H,5-6H2. The number of alkyl halides is 3. The lowest BCUT2D eigenvalue weighted by Crippen LogP contribution is -2.10. The summed E-state index contributed by atoms with van der Waals surface area (Å²) in [6.45, 7) is 0. The van der Waals surface area contributed by atoms with E-state index in [-0.39, 0.29) is 5.56 Å². The van der Waals surface area contributed by atoms with E-state index in [4.69, 9.17) is 6.42 Å². The minimum Gasteiger partial charge on any atom is -0.207 e. The monoisotopic (exact) mass is 228 g/mol. The van der Waals surface area contributed by atoms with Gasteiger partial charge in [-0.3, -0.25) is 0 Å². The summed E-state index contributed by atoms with van der Waals surface area (Å²) in [5.41, 5.74) is -1.46. The van der Waals surface area contributed by atoms with Gasteiger partial charge >= 0.3 is 6.18 Å². The largest absolute Gasteiger partial charge is 0.416 e. The fraction of sp³-hybridized carbons (Fsp3) is 0.333. The number of halogens is 4. The molecule has 1 aliphatic carbocycles. The Morgan fingerprint density at radius 3 is 2.25 bits per heavy atom. The number of terminal acetylenes is 1. The first-order chi connectivity index (χ1) is 7.39. The lowest BCUT2D eigenvalue weighted by atomic mass is 9.95. The molecule has 1 aromatic rings. The molecule has 1 saturated carbocycles. The van der Waals surface area contributed by atoms with Crippen LogP contribution in [0.3, 0.4) is 0 Å². The fourth-order valence-electron chi connectivity index (χ4n) is 1.70. The van der Waals surface area contributed by atoms with E-state index < -0.39 is 23.0 Å². The Morgan fingerprint density at radius 1 is 1.25 bits per heavy atom. The number of hydrogen-bond donors (Lipinski definition) is 0. The minimum absolute atomic E-state index is 0.197. The quantitative estimate of drug-likeness (QED) is 0.509. The van der Waals surface area contributed by atoms with Crippen molar-refractivity contribution in [3.05, 3.63) is 35.1 Å². The molecule has 0 bridgehead atoms. The van der Waals surface area contributed by atoms with Crippen LogP contribution in [-0.2, 0) is 11.6 Å². The summed E-state index contributed by atoms with van der Waals surface area (Å²) in [4.78, 5) is 0. The Bertz CT molecular complexity index is 461. The zero-order valence-corrected chi connectivity index (χ0v) is 8.24. The summed E-state index contributed by atoms with van der Waals surface area (Å²) in [7, 11) is 0. The van der Waals surface area contributed by atoms with Gasteiger partial charge in [0.2, 0.25) is 0 Å². The maximum Gasteiger partial charge on any atom is 0.416 e. The van der Waals surface area contributed by atoms with E-state index in [2.05, 4.69) is 5.92 Å². The summed E-state index contributed by atoms with van der Waals surface area (Å²) < 4.78 is 50.4. The van der Waals surface area contributed by atoms with Gasteiger partial charge in [0.1, 0.15) is 5.82 Å². The zero-order valence-electron chi connectivity index (χ0n) is 8.24. The molecular weight excluding hydrogens is 220 g/mol. The van der Waals surface area contributed by atoms with Crippen LogP contribution < -0.4 is 0 Å². The van der Waals surface area contributed by atoms with E-state index in [1.165, 1.54) is 0 Å². The highest BCUT2D eigenvalue weighted by molar-refractivity contribution is 5.43. The van der Waals surface area contributed by atoms with Crippen molar-refractivity contribution in [1.29, 1.82) is 0 Å². The smallest absolute Gasteiger partial charge is 0.207 e. The Morgan fingerprint density at radius 2 is 1.88 bits per heavy atom. The van der Waals surface area contributed by atoms with Crippen molar-refractivity contribution < 1.29 is 17.6 Å². The number of benzene rings is 1. The van der Waals surface area contributed by atoms with E-state index in [0.29, 0.717) is 18.9 Å². The summed E-state index contributed by atoms with van der Waals surface area (Å²) in [6, 6.07) is 2.52. The van der Waals surface area contributed by atoms with Crippen molar-refractivity contribution in [2.45, 2.75) is 24.4 Å². The molecule has 16 heavy (non-hydrogen) atoms. The second-order valence-corrected chi connectivity index (χ2v) is 3.92. The lowest BCUT2D eigenvalue weighted by molar-refractivity contribution is -0.137. The molecule has 0 spiro atoms. The molecule has 84 valence electrons. The summed E-state index contributed by atoms with van der Waals surface area (Å²) in [5.74, 6) is 1.58. The van der Waals surface area contributed by atoms with Crippen molar-refractivity contribution in [3.63, 3.8) is 0 Å². The first-order valence-corrected chi connectivity index (χ1v) is 4.74. The Balaban J connectivity index is 2.43. The van der Waals surface area contributed by atoms with Crippen molar-refractivity contribution >= 4 is 0 Å². The Labute approximate surface area is 90.3 Å². The molecule has 0 nitrogen and oxygen atoms in total. The molecule has 0 saturated heterocycles. The molecule has 1 aromatic carbocycles. The van der Waals surface area contributed by atoms with Gasteiger partial charge in [0, 0.05) is 5.56 Å². The van der Waals surface area contributed by atoms with Gasteiger partial charge in [0.05, 0.1) is 11.0 Å². The predicted molar refractivity (Wildman–Crippen MR) is 51.1 cm³/mol. The van der Waals surface area contributed by atoms with Crippen LogP contribution in [0.2, 0.25) is 0 Å². The van der Waals surface area contributed by atoms with Crippen LogP contribution in [0.5, 0.6) is 0 Å². The van der Waals surface area contributed by atoms with Crippen molar-refractivity contribution in [3.8, 4) is 12.3 Å². The van der Waals surface area contributed by atoms with E-state index in [0.717, 1.165) is 12.1 Å². The molecule has 0 atom stereocenters. The second-order valence-electron chi connectivity index (χ2n) is 3.92. The minimum atomic E-state index is -4.52. The molecule has 1 fully saturated rings. The first kappa shape index (κ1) is 11.0. The Hall–Kier alpha value is -1.50. The zero-order chi connectivity index (χ0) is 12.0. The molecule has 1 aliphatic rings. The molecule has 0 radical (unpaired) electrons. The highest BCUT2D eigenvalue weighted by atomic mass is 19.4. The molecular formula is C12H8F4. The van der Waals surface area contributed by atoms with E-state index in [1.54, 1.807) is 0 Å². The van der Waals surface area contributed by atoms with Crippen LogP contribution in [0.1, 0.15) is 24.0 Å². The van der Waals surface area contributed by atoms with Crippen LogP contribution in [0.4, 0.5) is 17.6 Å². The lowest BCUT2D eigenvalue weighted by Gasteiger charge is -2.12. The summed E-state index contributed by atoms with van der Waals surface area (Å²) in [5, 5.41) is 0. The van der Waals surface area contributed by atoms with E-state index in [9.17, 15) is 17.6 Å². The van der Waals surface area contributed by atoms with Gasteiger partial charge in [0.25, 0.3) is 0 Å². The second kappa shape index (κ2) is 3.24. The average molecular weight is 228 g/mol. The SMILES string of the molecule is C#CC1(c2ccc(C(F)(F)F)cc2F)CC1. The van der Waals surface area contributed by atoms with Crippen molar-refractivity contribution in [2.75, 3.05) is 0 Å². The molecule has 0 heterocycles. The molecule has 0 amide bonds. The summed E-state index contributed by atoms with van der Waals surface area (Å²) in [6.07, 6.45) is 1.99. The Kier molecular flexibility index (Phi) is 2.23. The fourth-order valence-corrected chi connectivity index (χ4v) is 1.70. The van der Waals surface area contributed by atoms with Gasteiger partial charge in [-0.2, -0.15) is 13.2 Å². The third-order valence-electron chi connectivity index (χ3n) is 2.84. The molecule has 4 heteroatoms. The number of rotatable bonds is 1. The van der Waals surface area contributed by atoms with Gasteiger partial charge in [-0.15, -0.1) is 6.42 Å². The maximum atomic E-state index is 13.5. The first-order valence-electron chi connectivity index (χ1n) is 4.74. The summed E-state index contributed by atoms with van der Waals surface area (Å²) >= 11 is 0. The van der Waals surface area contributed by atoms with Gasteiger partial charge < -0.3 is 0 Å².